The first-order valence-electron chi connectivity index (χ1n) is 9.68. The number of para-hydroxylation sites is 1. The summed E-state index contributed by atoms with van der Waals surface area (Å²) in [6.07, 6.45) is 1.39. The van der Waals surface area contributed by atoms with E-state index in [1.165, 1.54) is 0 Å². The first kappa shape index (κ1) is 18.9. The first-order valence-corrected chi connectivity index (χ1v) is 9.68. The molecule has 0 spiro atoms. The van der Waals surface area contributed by atoms with Crippen molar-refractivity contribution in [3.8, 4) is 11.3 Å². The number of likely N-dealkylation sites (tertiary alicyclic amines) is 1. The summed E-state index contributed by atoms with van der Waals surface area (Å²) in [5, 5.41) is 0.372. The number of hydrogen-bond acceptors (Lipinski definition) is 4. The molecule has 0 saturated carbocycles. The monoisotopic (exact) mass is 390 g/mol. The molecular formula is C23H22N2O4. The van der Waals surface area contributed by atoms with E-state index in [0.29, 0.717) is 41.7 Å². The van der Waals surface area contributed by atoms with Crippen LogP contribution in [0.2, 0.25) is 0 Å². The lowest BCUT2D eigenvalue weighted by atomic mass is 9.96. The summed E-state index contributed by atoms with van der Waals surface area (Å²) in [6, 6.07) is 14.4. The molecule has 1 fully saturated rings. The van der Waals surface area contributed by atoms with Crippen molar-refractivity contribution in [2.24, 2.45) is 11.7 Å². The number of carbonyl (C=O) groups is 2. The minimum absolute atomic E-state index is 0.159. The van der Waals surface area contributed by atoms with Crippen LogP contribution < -0.4 is 11.2 Å². The maximum absolute atomic E-state index is 13.2. The van der Waals surface area contributed by atoms with Crippen LogP contribution in [0.4, 0.5) is 0 Å². The Hall–Kier alpha value is -3.41. The maximum Gasteiger partial charge on any atom is 0.257 e. The van der Waals surface area contributed by atoms with Crippen molar-refractivity contribution in [3.05, 3.63) is 69.9 Å². The van der Waals surface area contributed by atoms with Gasteiger partial charge in [0.15, 0.2) is 11.0 Å². The van der Waals surface area contributed by atoms with Crippen LogP contribution in [0.15, 0.2) is 57.7 Å². The number of fused-ring (bicyclic) bond motifs is 1. The molecule has 2 amide bonds. The molecule has 29 heavy (non-hydrogen) atoms. The zero-order valence-electron chi connectivity index (χ0n) is 16.2. The molecule has 2 heterocycles. The summed E-state index contributed by atoms with van der Waals surface area (Å²) in [7, 11) is 0. The average molecular weight is 390 g/mol. The summed E-state index contributed by atoms with van der Waals surface area (Å²) in [6.45, 7) is 2.55. The lowest BCUT2D eigenvalue weighted by Gasteiger charge is -2.31. The summed E-state index contributed by atoms with van der Waals surface area (Å²) in [4.78, 5) is 39.4. The van der Waals surface area contributed by atoms with Gasteiger partial charge in [-0.05, 0) is 31.9 Å². The SMILES string of the molecule is Cc1c(-c2ccccc2)oc2c(C(=O)N3CCCC(C(N)=O)C3)cccc2c1=O. The molecule has 4 rings (SSSR count). The molecule has 0 aliphatic carbocycles. The molecule has 0 radical (unpaired) electrons. The predicted octanol–water partition coefficient (Wildman–Crippen LogP) is 3.11. The standard InChI is InChI=1S/C23H22N2O4/c1-14-19(26)17-10-5-11-18(21(17)29-20(14)15-7-3-2-4-8-15)23(28)25-12-6-9-16(13-25)22(24)27/h2-5,7-8,10-11,16H,6,9,12-13H2,1H3,(H2,24,27). The Morgan fingerprint density at radius 1 is 1.10 bits per heavy atom. The number of nitrogens with zero attached hydrogens (tertiary/aromatic N) is 1. The van der Waals surface area contributed by atoms with Gasteiger partial charge in [-0.15, -0.1) is 0 Å². The Bertz CT molecular complexity index is 1150. The van der Waals surface area contributed by atoms with Crippen molar-refractivity contribution in [1.82, 2.24) is 4.90 Å². The summed E-state index contributed by atoms with van der Waals surface area (Å²) in [5.74, 6) is -0.546. The third kappa shape index (κ3) is 3.42. The Kier molecular flexibility index (Phi) is 4.92. The van der Waals surface area contributed by atoms with E-state index in [0.717, 1.165) is 5.56 Å². The van der Waals surface area contributed by atoms with Gasteiger partial charge in [0.1, 0.15) is 5.76 Å². The third-order valence-electron chi connectivity index (χ3n) is 5.52. The van der Waals surface area contributed by atoms with Gasteiger partial charge >= 0.3 is 0 Å². The lowest BCUT2D eigenvalue weighted by molar-refractivity contribution is -0.123. The van der Waals surface area contributed by atoms with Crippen LogP contribution >= 0.6 is 0 Å². The minimum atomic E-state index is -0.394. The smallest absolute Gasteiger partial charge is 0.257 e. The first-order chi connectivity index (χ1) is 14.0. The highest BCUT2D eigenvalue weighted by molar-refractivity contribution is 6.05. The molecular weight excluding hydrogens is 368 g/mol. The lowest BCUT2D eigenvalue weighted by Crippen LogP contribution is -2.44. The van der Waals surface area contributed by atoms with Gasteiger partial charge in [0.25, 0.3) is 5.91 Å². The number of hydrogen-bond donors (Lipinski definition) is 1. The van der Waals surface area contributed by atoms with E-state index in [1.807, 2.05) is 30.3 Å². The van der Waals surface area contributed by atoms with E-state index in [2.05, 4.69) is 0 Å². The van der Waals surface area contributed by atoms with Crippen molar-refractivity contribution in [1.29, 1.82) is 0 Å². The zero-order chi connectivity index (χ0) is 20.5. The second-order valence-corrected chi connectivity index (χ2v) is 7.43. The molecule has 2 aromatic carbocycles. The molecule has 3 aromatic rings. The van der Waals surface area contributed by atoms with Crippen LogP contribution in [0.25, 0.3) is 22.3 Å². The fraction of sp³-hybridized carbons (Fsp3) is 0.261. The predicted molar refractivity (Wildman–Crippen MR) is 110 cm³/mol. The minimum Gasteiger partial charge on any atom is -0.455 e. The molecule has 6 heteroatoms. The molecule has 1 atom stereocenters. The molecule has 6 nitrogen and oxygen atoms in total. The maximum atomic E-state index is 13.2. The van der Waals surface area contributed by atoms with Crippen molar-refractivity contribution in [3.63, 3.8) is 0 Å². The number of nitrogens with two attached hydrogens (primary N) is 1. The summed E-state index contributed by atoms with van der Waals surface area (Å²) < 4.78 is 6.14. The molecule has 148 valence electrons. The van der Waals surface area contributed by atoms with Gasteiger partial charge in [-0.1, -0.05) is 36.4 Å². The van der Waals surface area contributed by atoms with Gasteiger partial charge in [-0.3, -0.25) is 14.4 Å². The summed E-state index contributed by atoms with van der Waals surface area (Å²) >= 11 is 0. The normalized spacial score (nSPS) is 16.7. The van der Waals surface area contributed by atoms with Crippen molar-refractivity contribution < 1.29 is 14.0 Å². The van der Waals surface area contributed by atoms with Crippen molar-refractivity contribution >= 4 is 22.8 Å². The van der Waals surface area contributed by atoms with Gasteiger partial charge in [0, 0.05) is 24.2 Å². The highest BCUT2D eigenvalue weighted by atomic mass is 16.3. The third-order valence-corrected chi connectivity index (χ3v) is 5.52. The van der Waals surface area contributed by atoms with E-state index < -0.39 is 5.91 Å². The second-order valence-electron chi connectivity index (χ2n) is 7.43. The number of amides is 2. The highest BCUT2D eigenvalue weighted by Crippen LogP contribution is 2.28. The Balaban J connectivity index is 1.83. The molecule has 1 saturated heterocycles. The van der Waals surface area contributed by atoms with Crippen molar-refractivity contribution in [2.75, 3.05) is 13.1 Å². The van der Waals surface area contributed by atoms with E-state index in [9.17, 15) is 14.4 Å². The van der Waals surface area contributed by atoms with Crippen LogP contribution in [-0.2, 0) is 4.79 Å². The van der Waals surface area contributed by atoms with E-state index in [1.54, 1.807) is 30.0 Å². The largest absolute Gasteiger partial charge is 0.455 e. The molecule has 1 aliphatic heterocycles. The fourth-order valence-corrected chi connectivity index (χ4v) is 3.91. The van der Waals surface area contributed by atoms with Gasteiger partial charge in [-0.2, -0.15) is 0 Å². The molecule has 2 N–H and O–H groups in total. The molecule has 1 aliphatic rings. The topological polar surface area (TPSA) is 93.6 Å². The van der Waals surface area contributed by atoms with Crippen molar-refractivity contribution in [2.45, 2.75) is 19.8 Å². The number of carbonyl (C=O) groups excluding carboxylic acids is 2. The highest BCUT2D eigenvalue weighted by Gasteiger charge is 2.29. The van der Waals surface area contributed by atoms with Gasteiger partial charge in [0.05, 0.1) is 16.9 Å². The van der Waals surface area contributed by atoms with E-state index in [-0.39, 0.29) is 29.4 Å². The summed E-state index contributed by atoms with van der Waals surface area (Å²) in [5.41, 5.74) is 7.15. The van der Waals surface area contributed by atoms with Gasteiger partial charge in [-0.25, -0.2) is 0 Å². The van der Waals surface area contributed by atoms with Crippen LogP contribution in [0, 0.1) is 12.8 Å². The Morgan fingerprint density at radius 3 is 2.59 bits per heavy atom. The quantitative estimate of drug-likeness (QED) is 0.744. The Labute approximate surface area is 167 Å². The number of piperidine rings is 1. The number of benzene rings is 2. The van der Waals surface area contributed by atoms with Gasteiger partial charge in [0.2, 0.25) is 5.91 Å². The van der Waals surface area contributed by atoms with Crippen LogP contribution in [0.3, 0.4) is 0 Å². The molecule has 0 bridgehead atoms. The van der Waals surface area contributed by atoms with E-state index in [4.69, 9.17) is 10.2 Å². The fourth-order valence-electron chi connectivity index (χ4n) is 3.91. The Morgan fingerprint density at radius 2 is 1.86 bits per heavy atom. The molecule has 1 aromatic heterocycles. The molecule has 1 unspecified atom stereocenters. The second kappa shape index (κ2) is 7.54. The van der Waals surface area contributed by atoms with E-state index >= 15 is 0 Å². The van der Waals surface area contributed by atoms with Crippen LogP contribution in [0.1, 0.15) is 28.8 Å². The van der Waals surface area contributed by atoms with Crippen LogP contribution in [0.5, 0.6) is 0 Å². The number of rotatable bonds is 3. The average Bonchev–Trinajstić information content (AvgIpc) is 2.76. The van der Waals surface area contributed by atoms with Crippen LogP contribution in [-0.4, -0.2) is 29.8 Å². The number of primary amides is 1. The zero-order valence-corrected chi connectivity index (χ0v) is 16.2. The van der Waals surface area contributed by atoms with Gasteiger partial charge < -0.3 is 15.1 Å².